The number of rotatable bonds is 8. The normalized spacial score (nSPS) is 10.9. The van der Waals surface area contributed by atoms with Gasteiger partial charge in [-0.2, -0.15) is 0 Å². The number of ether oxygens (including phenoxy) is 3. The number of methoxy groups -OCH3 is 3. The average Bonchev–Trinajstić information content (AvgIpc) is 3.55. The maximum atomic E-state index is 13.1. The number of benzene rings is 3. The summed E-state index contributed by atoms with van der Waals surface area (Å²) >= 11 is 7.48. The number of aromatic nitrogens is 2. The largest absolute Gasteiger partial charge is 0.493 e. The smallest absolute Gasteiger partial charge is 0.275 e. The lowest BCUT2D eigenvalue weighted by Gasteiger charge is -2.14. The highest BCUT2D eigenvalue weighted by molar-refractivity contribution is 7.13. The van der Waals surface area contributed by atoms with Crippen molar-refractivity contribution in [2.75, 3.05) is 26.6 Å². The van der Waals surface area contributed by atoms with E-state index in [9.17, 15) is 4.79 Å². The predicted octanol–water partition coefficient (Wildman–Crippen LogP) is 6.74. The lowest BCUT2D eigenvalue weighted by Crippen LogP contribution is -2.12. The van der Waals surface area contributed by atoms with Gasteiger partial charge in [0, 0.05) is 57.4 Å². The molecule has 0 bridgehead atoms. The van der Waals surface area contributed by atoms with Gasteiger partial charge in [0.25, 0.3) is 5.91 Å². The highest BCUT2D eigenvalue weighted by Gasteiger charge is 2.19. The summed E-state index contributed by atoms with van der Waals surface area (Å²) in [5, 5.41) is 7.18. The molecule has 0 unspecified atom stereocenters. The molecule has 0 fully saturated rings. The molecule has 0 saturated heterocycles. The zero-order valence-electron chi connectivity index (χ0n) is 20.4. The van der Waals surface area contributed by atoms with Crippen LogP contribution in [0.25, 0.3) is 21.5 Å². The number of thiazole rings is 1. The lowest BCUT2D eigenvalue weighted by atomic mass is 10.2. The van der Waals surface area contributed by atoms with Crippen LogP contribution in [0, 0.1) is 0 Å². The van der Waals surface area contributed by atoms with Gasteiger partial charge in [0.05, 0.1) is 21.3 Å². The number of fused-ring (bicyclic) bond motifs is 1. The lowest BCUT2D eigenvalue weighted by molar-refractivity contribution is 0.102. The number of carbonyl (C=O) groups is 1. The monoisotopic (exact) mass is 533 g/mol. The molecule has 0 spiro atoms. The van der Waals surface area contributed by atoms with Gasteiger partial charge in [-0.1, -0.05) is 41.9 Å². The SMILES string of the molecule is COc1cc(NC(=O)c2csc(-c3cn(Cc4ccc(Cl)cc4)c4ccccc34)n2)cc(OC)c1OC. The van der Waals surface area contributed by atoms with E-state index in [-0.39, 0.29) is 5.91 Å². The molecule has 0 atom stereocenters. The first-order valence-corrected chi connectivity index (χ1v) is 12.7. The molecular weight excluding hydrogens is 510 g/mol. The highest BCUT2D eigenvalue weighted by atomic mass is 35.5. The second kappa shape index (κ2) is 10.5. The molecule has 2 heterocycles. The van der Waals surface area contributed by atoms with Crippen molar-refractivity contribution in [2.24, 2.45) is 0 Å². The summed E-state index contributed by atoms with van der Waals surface area (Å²) in [6, 6.07) is 19.4. The molecule has 0 aliphatic heterocycles. The van der Waals surface area contributed by atoms with Gasteiger partial charge < -0.3 is 24.1 Å². The molecule has 1 amide bonds. The van der Waals surface area contributed by atoms with E-state index in [0.29, 0.717) is 40.2 Å². The summed E-state index contributed by atoms with van der Waals surface area (Å²) < 4.78 is 18.3. The molecule has 7 nitrogen and oxygen atoms in total. The second-order valence-corrected chi connectivity index (χ2v) is 9.51. The maximum Gasteiger partial charge on any atom is 0.275 e. The van der Waals surface area contributed by atoms with Gasteiger partial charge >= 0.3 is 0 Å². The van der Waals surface area contributed by atoms with Gasteiger partial charge in [-0.25, -0.2) is 4.98 Å². The van der Waals surface area contributed by atoms with Crippen molar-refractivity contribution in [2.45, 2.75) is 6.54 Å². The molecule has 0 aliphatic rings. The Morgan fingerprint density at radius 2 is 1.70 bits per heavy atom. The Kier molecular flexibility index (Phi) is 7.03. The van der Waals surface area contributed by atoms with Crippen LogP contribution in [0.2, 0.25) is 5.02 Å². The summed E-state index contributed by atoms with van der Waals surface area (Å²) in [4.78, 5) is 17.7. The van der Waals surface area contributed by atoms with E-state index < -0.39 is 0 Å². The molecule has 0 saturated carbocycles. The van der Waals surface area contributed by atoms with Crippen LogP contribution in [-0.2, 0) is 6.54 Å². The summed E-state index contributed by atoms with van der Waals surface area (Å²) in [5.41, 5.74) is 4.03. The number of hydrogen-bond acceptors (Lipinski definition) is 6. The van der Waals surface area contributed by atoms with E-state index in [2.05, 4.69) is 33.2 Å². The quantitative estimate of drug-likeness (QED) is 0.239. The van der Waals surface area contributed by atoms with Crippen LogP contribution in [0.1, 0.15) is 16.1 Å². The van der Waals surface area contributed by atoms with Crippen LogP contribution < -0.4 is 19.5 Å². The summed E-state index contributed by atoms with van der Waals surface area (Å²) in [6.45, 7) is 0.692. The molecule has 0 aliphatic carbocycles. The molecular formula is C28H24ClN3O4S. The number of nitrogens with zero attached hydrogens (tertiary/aromatic N) is 2. The first-order valence-electron chi connectivity index (χ1n) is 11.4. The van der Waals surface area contributed by atoms with Crippen molar-refractivity contribution in [3.8, 4) is 27.8 Å². The number of anilines is 1. The third-order valence-electron chi connectivity index (χ3n) is 5.94. The van der Waals surface area contributed by atoms with Gasteiger partial charge in [0.1, 0.15) is 10.7 Å². The number of para-hydroxylation sites is 1. The van der Waals surface area contributed by atoms with Crippen molar-refractivity contribution < 1.29 is 19.0 Å². The van der Waals surface area contributed by atoms with Crippen molar-refractivity contribution in [3.05, 3.63) is 88.5 Å². The molecule has 188 valence electrons. The van der Waals surface area contributed by atoms with Gasteiger partial charge in [0.15, 0.2) is 11.5 Å². The number of hydrogen-bond donors (Lipinski definition) is 1. The van der Waals surface area contributed by atoms with Crippen LogP contribution in [0.5, 0.6) is 17.2 Å². The Bertz CT molecular complexity index is 1550. The third kappa shape index (κ3) is 4.98. The zero-order chi connectivity index (χ0) is 25.9. The second-order valence-electron chi connectivity index (χ2n) is 8.22. The van der Waals surface area contributed by atoms with Crippen molar-refractivity contribution in [3.63, 3.8) is 0 Å². The van der Waals surface area contributed by atoms with Crippen LogP contribution >= 0.6 is 22.9 Å². The van der Waals surface area contributed by atoms with Gasteiger partial charge in [-0.15, -0.1) is 11.3 Å². The average molecular weight is 534 g/mol. The first kappa shape index (κ1) is 24.7. The maximum absolute atomic E-state index is 13.1. The van der Waals surface area contributed by atoms with Crippen LogP contribution in [0.4, 0.5) is 5.69 Å². The fourth-order valence-electron chi connectivity index (χ4n) is 4.18. The Morgan fingerprint density at radius 3 is 2.38 bits per heavy atom. The van der Waals surface area contributed by atoms with Crippen LogP contribution in [-0.4, -0.2) is 36.8 Å². The fraction of sp³-hybridized carbons (Fsp3) is 0.143. The molecule has 5 rings (SSSR count). The van der Waals surface area contributed by atoms with E-state index in [0.717, 1.165) is 27.0 Å². The minimum Gasteiger partial charge on any atom is -0.493 e. The van der Waals surface area contributed by atoms with Crippen LogP contribution in [0.3, 0.4) is 0 Å². The fourth-order valence-corrected chi connectivity index (χ4v) is 5.13. The molecule has 1 N–H and O–H groups in total. The number of halogens is 1. The van der Waals surface area contributed by atoms with E-state index in [4.69, 9.17) is 25.8 Å². The van der Waals surface area contributed by atoms with Gasteiger partial charge in [-0.3, -0.25) is 4.79 Å². The van der Waals surface area contributed by atoms with Crippen molar-refractivity contribution in [1.82, 2.24) is 9.55 Å². The summed E-state index contributed by atoms with van der Waals surface area (Å²) in [5.74, 6) is 1.02. The predicted molar refractivity (Wildman–Crippen MR) is 148 cm³/mol. The molecule has 37 heavy (non-hydrogen) atoms. The summed E-state index contributed by atoms with van der Waals surface area (Å²) in [6.07, 6.45) is 2.08. The van der Waals surface area contributed by atoms with Gasteiger partial charge in [0.2, 0.25) is 5.75 Å². The van der Waals surface area contributed by atoms with Gasteiger partial charge in [-0.05, 0) is 23.8 Å². The minimum atomic E-state index is -0.332. The molecule has 2 aromatic heterocycles. The Morgan fingerprint density at radius 1 is 1.00 bits per heavy atom. The highest BCUT2D eigenvalue weighted by Crippen LogP contribution is 2.40. The van der Waals surface area contributed by atoms with E-state index in [1.165, 1.54) is 32.7 Å². The topological polar surface area (TPSA) is 74.6 Å². The van der Waals surface area contributed by atoms with E-state index in [1.807, 2.05) is 36.4 Å². The Labute approximate surface area is 223 Å². The first-order chi connectivity index (χ1) is 18.0. The van der Waals surface area contributed by atoms with Crippen molar-refractivity contribution in [1.29, 1.82) is 0 Å². The standard InChI is InChI=1S/C28H24ClN3O4S/c1-34-24-12-19(13-25(35-2)26(24)36-3)30-27(33)22-16-37-28(31-22)21-15-32(23-7-5-4-6-20(21)23)14-17-8-10-18(29)11-9-17/h4-13,15-16H,14H2,1-3H3,(H,30,33). The number of carbonyl (C=O) groups excluding carboxylic acids is 1. The van der Waals surface area contributed by atoms with Crippen molar-refractivity contribution >= 4 is 45.4 Å². The molecule has 3 aromatic carbocycles. The molecule has 0 radical (unpaired) electrons. The van der Waals surface area contributed by atoms with Crippen LogP contribution in [0.15, 0.2) is 72.2 Å². The zero-order valence-corrected chi connectivity index (χ0v) is 22.0. The van der Waals surface area contributed by atoms with E-state index >= 15 is 0 Å². The molecule has 5 aromatic rings. The minimum absolute atomic E-state index is 0.322. The molecule has 9 heteroatoms. The number of amides is 1. The van der Waals surface area contributed by atoms with E-state index in [1.54, 1.807) is 17.5 Å². The number of nitrogens with one attached hydrogen (secondary N) is 1. The Hall–Kier alpha value is -4.01. The Balaban J connectivity index is 1.43. The summed E-state index contributed by atoms with van der Waals surface area (Å²) in [7, 11) is 4.58. The third-order valence-corrected chi connectivity index (χ3v) is 7.07.